The molecule has 1 amide bonds. The lowest BCUT2D eigenvalue weighted by molar-refractivity contribution is -0.130. The van der Waals surface area contributed by atoms with Crippen molar-refractivity contribution in [1.82, 2.24) is 4.90 Å². The summed E-state index contributed by atoms with van der Waals surface area (Å²) in [4.78, 5) is 14.2. The SMILES string of the molecule is CCC1CCC(=O)N(CC(N)c2ccccc2OC)CC1. The molecule has 0 spiro atoms. The smallest absolute Gasteiger partial charge is 0.222 e. The van der Waals surface area contributed by atoms with Gasteiger partial charge in [0.15, 0.2) is 0 Å². The van der Waals surface area contributed by atoms with E-state index in [1.54, 1.807) is 7.11 Å². The number of ether oxygens (including phenoxy) is 1. The van der Waals surface area contributed by atoms with E-state index in [0.29, 0.717) is 18.9 Å². The van der Waals surface area contributed by atoms with E-state index >= 15 is 0 Å². The second-order valence-corrected chi connectivity index (χ2v) is 5.79. The molecule has 4 heteroatoms. The number of hydrogen-bond acceptors (Lipinski definition) is 3. The normalized spacial score (nSPS) is 21.0. The van der Waals surface area contributed by atoms with Crippen molar-refractivity contribution in [1.29, 1.82) is 0 Å². The highest BCUT2D eigenvalue weighted by Crippen LogP contribution is 2.26. The molecule has 1 aliphatic heterocycles. The number of carbonyl (C=O) groups is 1. The van der Waals surface area contributed by atoms with Crippen molar-refractivity contribution >= 4 is 5.91 Å². The Hall–Kier alpha value is -1.55. The zero-order valence-corrected chi connectivity index (χ0v) is 13.0. The summed E-state index contributed by atoms with van der Waals surface area (Å²) >= 11 is 0. The van der Waals surface area contributed by atoms with E-state index in [1.807, 2.05) is 29.2 Å². The molecular formula is C17H26N2O2. The largest absolute Gasteiger partial charge is 0.496 e. The molecular weight excluding hydrogens is 264 g/mol. The van der Waals surface area contributed by atoms with Crippen LogP contribution >= 0.6 is 0 Å². The van der Waals surface area contributed by atoms with Gasteiger partial charge in [-0.1, -0.05) is 31.5 Å². The summed E-state index contributed by atoms with van der Waals surface area (Å²) < 4.78 is 5.36. The van der Waals surface area contributed by atoms with Gasteiger partial charge in [0.1, 0.15) is 5.75 Å². The number of para-hydroxylation sites is 1. The van der Waals surface area contributed by atoms with Gasteiger partial charge < -0.3 is 15.4 Å². The van der Waals surface area contributed by atoms with Gasteiger partial charge in [-0.2, -0.15) is 0 Å². The van der Waals surface area contributed by atoms with Crippen LogP contribution in [0, 0.1) is 5.92 Å². The van der Waals surface area contributed by atoms with Crippen molar-refractivity contribution in [3.8, 4) is 5.75 Å². The summed E-state index contributed by atoms with van der Waals surface area (Å²) in [7, 11) is 1.65. The van der Waals surface area contributed by atoms with Gasteiger partial charge in [-0.3, -0.25) is 4.79 Å². The lowest BCUT2D eigenvalue weighted by Gasteiger charge is -2.25. The van der Waals surface area contributed by atoms with Crippen LogP contribution in [0.4, 0.5) is 0 Å². The Morgan fingerprint density at radius 2 is 2.14 bits per heavy atom. The summed E-state index contributed by atoms with van der Waals surface area (Å²) in [6, 6.07) is 7.56. The molecule has 2 rings (SSSR count). The topological polar surface area (TPSA) is 55.6 Å². The standard InChI is InChI=1S/C17H26N2O2/c1-3-13-8-9-17(20)19(11-10-13)12-15(18)14-6-4-5-7-16(14)21-2/h4-7,13,15H,3,8-12,18H2,1-2H3. The second kappa shape index (κ2) is 7.46. The van der Waals surface area contributed by atoms with Crippen molar-refractivity contribution in [2.45, 2.75) is 38.6 Å². The van der Waals surface area contributed by atoms with Crippen molar-refractivity contribution < 1.29 is 9.53 Å². The number of carbonyl (C=O) groups excluding carboxylic acids is 1. The van der Waals surface area contributed by atoms with Crippen LogP contribution < -0.4 is 10.5 Å². The van der Waals surface area contributed by atoms with Gasteiger partial charge in [0.25, 0.3) is 0 Å². The number of benzene rings is 1. The number of hydrogen-bond donors (Lipinski definition) is 1. The first-order valence-corrected chi connectivity index (χ1v) is 7.82. The molecule has 1 saturated heterocycles. The molecule has 116 valence electrons. The van der Waals surface area contributed by atoms with E-state index in [-0.39, 0.29) is 11.9 Å². The maximum atomic E-state index is 12.2. The Bertz CT molecular complexity index is 476. The predicted octanol–water partition coefficient (Wildman–Crippen LogP) is 2.73. The molecule has 21 heavy (non-hydrogen) atoms. The molecule has 0 saturated carbocycles. The van der Waals surface area contributed by atoms with E-state index in [0.717, 1.165) is 37.1 Å². The van der Waals surface area contributed by atoms with E-state index in [9.17, 15) is 4.79 Å². The first-order valence-electron chi connectivity index (χ1n) is 7.82. The highest BCUT2D eigenvalue weighted by Gasteiger charge is 2.24. The number of nitrogens with two attached hydrogens (primary N) is 1. The maximum absolute atomic E-state index is 12.2. The van der Waals surface area contributed by atoms with E-state index < -0.39 is 0 Å². The van der Waals surface area contributed by atoms with Gasteiger partial charge in [0, 0.05) is 25.1 Å². The predicted molar refractivity (Wildman–Crippen MR) is 84.1 cm³/mol. The average Bonchev–Trinajstić information content (AvgIpc) is 2.69. The molecule has 1 heterocycles. The molecule has 0 aromatic heterocycles. The van der Waals surface area contributed by atoms with Gasteiger partial charge in [-0.15, -0.1) is 0 Å². The van der Waals surface area contributed by atoms with Crippen LogP contribution in [-0.4, -0.2) is 31.0 Å². The fourth-order valence-corrected chi connectivity index (χ4v) is 3.00. The van der Waals surface area contributed by atoms with Crippen LogP contribution in [0.2, 0.25) is 0 Å². The summed E-state index contributed by atoms with van der Waals surface area (Å²) in [5.74, 6) is 1.69. The minimum Gasteiger partial charge on any atom is -0.496 e. The van der Waals surface area contributed by atoms with E-state index in [4.69, 9.17) is 10.5 Å². The Kier molecular flexibility index (Phi) is 5.62. The average molecular weight is 290 g/mol. The number of amides is 1. The van der Waals surface area contributed by atoms with Crippen LogP contribution in [0.5, 0.6) is 5.75 Å². The highest BCUT2D eigenvalue weighted by molar-refractivity contribution is 5.76. The lowest BCUT2D eigenvalue weighted by atomic mass is 9.98. The highest BCUT2D eigenvalue weighted by atomic mass is 16.5. The fourth-order valence-electron chi connectivity index (χ4n) is 3.00. The zero-order valence-electron chi connectivity index (χ0n) is 13.0. The Morgan fingerprint density at radius 1 is 1.38 bits per heavy atom. The first-order chi connectivity index (χ1) is 10.2. The van der Waals surface area contributed by atoms with Crippen LogP contribution in [0.15, 0.2) is 24.3 Å². The molecule has 1 aromatic rings. The molecule has 1 fully saturated rings. The summed E-state index contributed by atoms with van der Waals surface area (Å²) in [6.45, 7) is 3.58. The van der Waals surface area contributed by atoms with Gasteiger partial charge in [0.05, 0.1) is 13.2 Å². The fraction of sp³-hybridized carbons (Fsp3) is 0.588. The molecule has 0 bridgehead atoms. The Labute approximate surface area is 127 Å². The van der Waals surface area contributed by atoms with E-state index in [1.165, 1.54) is 0 Å². The molecule has 2 N–H and O–H groups in total. The van der Waals surface area contributed by atoms with Crippen molar-refractivity contribution in [2.24, 2.45) is 11.7 Å². The van der Waals surface area contributed by atoms with E-state index in [2.05, 4.69) is 6.92 Å². The van der Waals surface area contributed by atoms with Gasteiger partial charge in [-0.25, -0.2) is 0 Å². The number of likely N-dealkylation sites (tertiary alicyclic amines) is 1. The van der Waals surface area contributed by atoms with Gasteiger partial charge >= 0.3 is 0 Å². The van der Waals surface area contributed by atoms with Gasteiger partial charge in [-0.05, 0) is 24.8 Å². The quantitative estimate of drug-likeness (QED) is 0.907. The molecule has 4 nitrogen and oxygen atoms in total. The van der Waals surface area contributed by atoms with Crippen LogP contribution in [0.3, 0.4) is 0 Å². The third-order valence-electron chi connectivity index (χ3n) is 4.46. The molecule has 2 unspecified atom stereocenters. The Balaban J connectivity index is 2.04. The molecule has 2 atom stereocenters. The third-order valence-corrected chi connectivity index (χ3v) is 4.46. The number of nitrogens with zero attached hydrogens (tertiary/aromatic N) is 1. The lowest BCUT2D eigenvalue weighted by Crippen LogP contribution is -2.36. The van der Waals surface area contributed by atoms with Crippen LogP contribution in [0.25, 0.3) is 0 Å². The minimum atomic E-state index is -0.205. The Morgan fingerprint density at radius 3 is 2.86 bits per heavy atom. The number of methoxy groups -OCH3 is 1. The first kappa shape index (κ1) is 15.8. The zero-order chi connectivity index (χ0) is 15.2. The van der Waals surface area contributed by atoms with Crippen molar-refractivity contribution in [3.05, 3.63) is 29.8 Å². The minimum absolute atomic E-state index is 0.205. The third kappa shape index (κ3) is 3.97. The molecule has 0 aliphatic carbocycles. The molecule has 1 aromatic carbocycles. The second-order valence-electron chi connectivity index (χ2n) is 5.79. The maximum Gasteiger partial charge on any atom is 0.222 e. The summed E-state index contributed by atoms with van der Waals surface area (Å²) in [5.41, 5.74) is 7.27. The molecule has 0 radical (unpaired) electrons. The van der Waals surface area contributed by atoms with Crippen molar-refractivity contribution in [2.75, 3.05) is 20.2 Å². The molecule has 1 aliphatic rings. The van der Waals surface area contributed by atoms with Crippen molar-refractivity contribution in [3.63, 3.8) is 0 Å². The van der Waals surface area contributed by atoms with Crippen LogP contribution in [-0.2, 0) is 4.79 Å². The summed E-state index contributed by atoms with van der Waals surface area (Å²) in [6.07, 6.45) is 3.90. The van der Waals surface area contributed by atoms with Crippen LogP contribution in [0.1, 0.15) is 44.2 Å². The monoisotopic (exact) mass is 290 g/mol. The summed E-state index contributed by atoms with van der Waals surface area (Å²) in [5, 5.41) is 0. The number of rotatable bonds is 5. The van der Waals surface area contributed by atoms with Gasteiger partial charge in [0.2, 0.25) is 5.91 Å².